The number of para-hydroxylation sites is 2. The number of carbonyl (C=O) groups excluding carboxylic acids is 1. The molecule has 1 unspecified atom stereocenters. The van der Waals surface area contributed by atoms with Gasteiger partial charge in [0.2, 0.25) is 5.70 Å². The van der Waals surface area contributed by atoms with E-state index in [4.69, 9.17) is 5.84 Å². The van der Waals surface area contributed by atoms with E-state index in [0.29, 0.717) is 35.5 Å². The number of anilines is 1. The maximum absolute atomic E-state index is 13.7. The Bertz CT molecular complexity index is 1060. The molecule has 0 bridgehead atoms. The fraction of sp³-hybridized carbons (Fsp3) is 0.278. The van der Waals surface area contributed by atoms with Crippen LogP contribution >= 0.6 is 0 Å². The summed E-state index contributed by atoms with van der Waals surface area (Å²) in [5.41, 5.74) is 1.61. The molecule has 2 N–H and O–H groups in total. The molecule has 1 atom stereocenters. The first-order valence-electron chi connectivity index (χ1n) is 8.97. The summed E-state index contributed by atoms with van der Waals surface area (Å²) in [4.78, 5) is 34.2. The summed E-state index contributed by atoms with van der Waals surface area (Å²) in [6.07, 6.45) is 2.76. The topological polar surface area (TPSA) is 156 Å². The van der Waals surface area contributed by atoms with Crippen molar-refractivity contribution in [3.8, 4) is 0 Å². The molecule has 1 amide bonds. The van der Waals surface area contributed by atoms with Gasteiger partial charge >= 0.3 is 5.91 Å². The number of nitro benzene ring substituents is 1. The van der Waals surface area contributed by atoms with Gasteiger partial charge in [-0.2, -0.15) is 0 Å². The van der Waals surface area contributed by atoms with E-state index in [0.717, 1.165) is 5.57 Å². The van der Waals surface area contributed by atoms with Gasteiger partial charge in [0.05, 0.1) is 16.3 Å². The smallest absolute Gasteiger partial charge is 0.349 e. The Morgan fingerprint density at radius 1 is 1.03 bits per heavy atom. The highest BCUT2D eigenvalue weighted by atomic mass is 16.6. The Kier molecular flexibility index (Phi) is 4.30. The summed E-state index contributed by atoms with van der Waals surface area (Å²) in [7, 11) is 0. The number of amides is 1. The van der Waals surface area contributed by atoms with Crippen LogP contribution in [-0.2, 0) is 4.79 Å². The van der Waals surface area contributed by atoms with Crippen molar-refractivity contribution < 1.29 is 19.4 Å². The SMILES string of the molecule is NN(c1ccccc1[N+](=O)[O-])[N+]1([O-])C(=O)CC2=C1CCC1=C2C=C([N+](=O)[O-])CC1. The van der Waals surface area contributed by atoms with Crippen LogP contribution in [0.2, 0.25) is 0 Å². The average Bonchev–Trinajstić information content (AvgIpc) is 2.98. The molecule has 3 aliphatic rings. The van der Waals surface area contributed by atoms with E-state index in [1.54, 1.807) is 0 Å². The number of nitrogens with zero attached hydrogens (tertiary/aromatic N) is 4. The van der Waals surface area contributed by atoms with Crippen LogP contribution in [0.1, 0.15) is 32.1 Å². The third-order valence-corrected chi connectivity index (χ3v) is 5.61. The molecule has 0 aromatic heterocycles. The molecule has 150 valence electrons. The number of carbonyl (C=O) groups is 1. The number of rotatable bonds is 4. The molecular formula is C18H17N5O6. The number of quaternary nitrogens is 1. The van der Waals surface area contributed by atoms with E-state index in [2.05, 4.69) is 0 Å². The van der Waals surface area contributed by atoms with Crippen molar-refractivity contribution in [3.63, 3.8) is 0 Å². The van der Waals surface area contributed by atoms with Crippen LogP contribution in [0.25, 0.3) is 0 Å². The summed E-state index contributed by atoms with van der Waals surface area (Å²) in [5, 5.41) is 36.8. The quantitative estimate of drug-likeness (QED) is 0.266. The molecule has 0 spiro atoms. The summed E-state index contributed by atoms with van der Waals surface area (Å²) in [6, 6.07) is 5.43. The zero-order valence-electron chi connectivity index (χ0n) is 15.2. The van der Waals surface area contributed by atoms with Crippen LogP contribution in [-0.4, -0.2) is 20.5 Å². The Morgan fingerprint density at radius 2 is 1.72 bits per heavy atom. The summed E-state index contributed by atoms with van der Waals surface area (Å²) >= 11 is 0. The van der Waals surface area contributed by atoms with Crippen molar-refractivity contribution in [3.05, 3.63) is 83.9 Å². The predicted octanol–water partition coefficient (Wildman–Crippen LogP) is 2.73. The normalized spacial score (nSPS) is 23.5. The van der Waals surface area contributed by atoms with Gasteiger partial charge in [-0.3, -0.25) is 20.2 Å². The lowest BCUT2D eigenvalue weighted by atomic mass is 9.82. The maximum Gasteiger partial charge on any atom is 0.349 e. The average molecular weight is 399 g/mol. The van der Waals surface area contributed by atoms with E-state index in [1.807, 2.05) is 0 Å². The second-order valence-corrected chi connectivity index (χ2v) is 7.07. The molecule has 1 aromatic carbocycles. The van der Waals surface area contributed by atoms with Crippen LogP contribution in [0, 0.1) is 25.4 Å². The minimum Gasteiger partial charge on any atom is -0.593 e. The van der Waals surface area contributed by atoms with Gasteiger partial charge in [0, 0.05) is 30.6 Å². The van der Waals surface area contributed by atoms with Crippen LogP contribution < -0.4 is 11.0 Å². The largest absolute Gasteiger partial charge is 0.593 e. The van der Waals surface area contributed by atoms with Crippen molar-refractivity contribution in [2.24, 2.45) is 5.84 Å². The lowest BCUT2D eigenvalue weighted by Crippen LogP contribution is -2.61. The zero-order valence-corrected chi connectivity index (χ0v) is 15.2. The Hall–Kier alpha value is -3.41. The molecule has 4 rings (SSSR count). The van der Waals surface area contributed by atoms with E-state index in [9.17, 15) is 30.2 Å². The Balaban J connectivity index is 1.82. The fourth-order valence-electron chi connectivity index (χ4n) is 4.19. The standard InChI is InChI=1S/C18H17N5O6/c19-20(15-3-1-2-4-16(15)22(27)28)23(29)17-8-6-11-5-7-12(21(25)26)9-13(11)14(17)10-18(23)24/h1-4,9H,5-8,10,19H2. The number of fused-ring (bicyclic) bond motifs is 1. The van der Waals surface area contributed by atoms with Crippen molar-refractivity contribution in [2.45, 2.75) is 32.1 Å². The molecule has 0 fully saturated rings. The van der Waals surface area contributed by atoms with Gasteiger partial charge in [-0.25, -0.2) is 10.6 Å². The summed E-state index contributed by atoms with van der Waals surface area (Å²) < 4.78 is -1.65. The zero-order chi connectivity index (χ0) is 20.9. The summed E-state index contributed by atoms with van der Waals surface area (Å²) in [5.74, 6) is 5.22. The first-order chi connectivity index (χ1) is 13.7. The minimum atomic E-state index is -1.65. The van der Waals surface area contributed by atoms with Gasteiger partial charge in [-0.05, 0) is 24.5 Å². The van der Waals surface area contributed by atoms with E-state index >= 15 is 0 Å². The second-order valence-electron chi connectivity index (χ2n) is 7.07. The number of nitro groups is 2. The molecule has 29 heavy (non-hydrogen) atoms. The third-order valence-electron chi connectivity index (χ3n) is 5.61. The monoisotopic (exact) mass is 399 g/mol. The number of benzene rings is 1. The Morgan fingerprint density at radius 3 is 2.41 bits per heavy atom. The van der Waals surface area contributed by atoms with Gasteiger partial charge in [-0.15, -0.1) is 9.87 Å². The van der Waals surface area contributed by atoms with Gasteiger partial charge in [-0.1, -0.05) is 17.7 Å². The molecule has 0 saturated heterocycles. The molecule has 11 nitrogen and oxygen atoms in total. The molecule has 1 aliphatic heterocycles. The molecule has 1 heterocycles. The van der Waals surface area contributed by atoms with E-state index in [-0.39, 0.29) is 29.9 Å². The number of allylic oxidation sites excluding steroid dienone is 5. The maximum atomic E-state index is 13.7. The van der Waals surface area contributed by atoms with Gasteiger partial charge in [0.15, 0.2) is 5.69 Å². The highest BCUT2D eigenvalue weighted by Gasteiger charge is 2.50. The van der Waals surface area contributed by atoms with Crippen LogP contribution in [0.15, 0.2) is 58.5 Å². The molecule has 1 aromatic rings. The fourth-order valence-corrected chi connectivity index (χ4v) is 4.19. The lowest BCUT2D eigenvalue weighted by molar-refractivity contribution is -0.773. The number of hydroxylamine groups is 2. The molecule has 2 aliphatic carbocycles. The van der Waals surface area contributed by atoms with Gasteiger partial charge < -0.3 is 5.21 Å². The molecule has 11 heteroatoms. The van der Waals surface area contributed by atoms with Crippen molar-refractivity contribution >= 4 is 17.3 Å². The molecule has 0 saturated carbocycles. The summed E-state index contributed by atoms with van der Waals surface area (Å²) in [6.45, 7) is 0. The minimum absolute atomic E-state index is 0.0316. The van der Waals surface area contributed by atoms with Crippen LogP contribution in [0.5, 0.6) is 0 Å². The second kappa shape index (κ2) is 6.58. The number of nitrogens with two attached hydrogens (primary N) is 1. The number of hydrogen-bond donors (Lipinski definition) is 1. The first kappa shape index (κ1) is 18.9. The number of hydrazine groups is 1. The van der Waals surface area contributed by atoms with E-state index in [1.165, 1.54) is 30.3 Å². The van der Waals surface area contributed by atoms with Crippen LogP contribution in [0.3, 0.4) is 0 Å². The van der Waals surface area contributed by atoms with Crippen molar-refractivity contribution in [2.75, 3.05) is 5.12 Å². The Labute approximate surface area is 164 Å². The van der Waals surface area contributed by atoms with Crippen LogP contribution in [0.4, 0.5) is 11.4 Å². The molecular weight excluding hydrogens is 382 g/mol. The van der Waals surface area contributed by atoms with Crippen molar-refractivity contribution in [1.29, 1.82) is 0 Å². The predicted molar refractivity (Wildman–Crippen MR) is 101 cm³/mol. The highest BCUT2D eigenvalue weighted by Crippen LogP contribution is 2.48. The first-order valence-corrected chi connectivity index (χ1v) is 8.97. The van der Waals surface area contributed by atoms with E-state index < -0.39 is 26.2 Å². The van der Waals surface area contributed by atoms with Gasteiger partial charge in [0.1, 0.15) is 5.70 Å². The lowest BCUT2D eigenvalue weighted by Gasteiger charge is -2.43. The highest BCUT2D eigenvalue weighted by molar-refractivity contribution is 5.81. The van der Waals surface area contributed by atoms with Crippen molar-refractivity contribution in [1.82, 2.24) is 0 Å². The van der Waals surface area contributed by atoms with Gasteiger partial charge in [0.25, 0.3) is 5.69 Å². The third kappa shape index (κ3) is 2.75. The number of hydrogen-bond acceptors (Lipinski definition) is 8. The molecule has 0 radical (unpaired) electrons.